The number of benzene rings is 1. The highest BCUT2D eigenvalue weighted by Gasteiger charge is 2.15. The number of hydrogen-bond donors (Lipinski definition) is 1. The van der Waals surface area contributed by atoms with Crippen molar-refractivity contribution in [2.24, 2.45) is 0 Å². The zero-order valence-electron chi connectivity index (χ0n) is 7.95. The van der Waals surface area contributed by atoms with Crippen molar-refractivity contribution < 1.29 is 9.90 Å². The molecule has 2 heteroatoms. The Hall–Kier alpha value is -1.31. The molecule has 1 N–H and O–H groups in total. The van der Waals surface area contributed by atoms with Gasteiger partial charge >= 0.3 is 5.97 Å². The third-order valence-electron chi connectivity index (χ3n) is 2.27. The van der Waals surface area contributed by atoms with Crippen LogP contribution in [0.1, 0.15) is 30.9 Å². The van der Waals surface area contributed by atoms with Gasteiger partial charge in [-0.2, -0.15) is 0 Å². The predicted molar refractivity (Wildman–Crippen MR) is 51.9 cm³/mol. The average Bonchev–Trinajstić information content (AvgIpc) is 2.16. The maximum Gasteiger partial charge on any atom is 0.310 e. The quantitative estimate of drug-likeness (QED) is 0.771. The highest BCUT2D eigenvalue weighted by Crippen LogP contribution is 2.20. The van der Waals surface area contributed by atoms with Gasteiger partial charge in [-0.05, 0) is 24.5 Å². The first-order chi connectivity index (χ1) is 6.16. The predicted octanol–water partition coefficient (Wildman–Crippen LogP) is 2.44. The van der Waals surface area contributed by atoms with Gasteiger partial charge in [0.15, 0.2) is 0 Å². The van der Waals surface area contributed by atoms with Crippen LogP contribution in [0.2, 0.25) is 0 Å². The van der Waals surface area contributed by atoms with Crippen LogP contribution in [0.15, 0.2) is 24.3 Å². The fourth-order valence-corrected chi connectivity index (χ4v) is 1.41. The van der Waals surface area contributed by atoms with Gasteiger partial charge in [-0.3, -0.25) is 4.79 Å². The molecule has 70 valence electrons. The van der Waals surface area contributed by atoms with E-state index in [1.54, 1.807) is 6.92 Å². The van der Waals surface area contributed by atoms with Crippen molar-refractivity contribution in [2.45, 2.75) is 26.2 Å². The van der Waals surface area contributed by atoms with E-state index < -0.39 is 11.9 Å². The number of aryl methyl sites for hydroxylation is 1. The Morgan fingerprint density at radius 1 is 1.46 bits per heavy atom. The topological polar surface area (TPSA) is 37.3 Å². The largest absolute Gasteiger partial charge is 0.481 e. The third kappa shape index (κ3) is 2.08. The Balaban J connectivity index is 3.05. The second-order valence-corrected chi connectivity index (χ2v) is 3.11. The summed E-state index contributed by atoms with van der Waals surface area (Å²) in [6.07, 6.45) is 0.883. The van der Waals surface area contributed by atoms with Gasteiger partial charge < -0.3 is 5.11 Å². The molecule has 0 bridgehead atoms. The summed E-state index contributed by atoms with van der Waals surface area (Å²) < 4.78 is 0. The van der Waals surface area contributed by atoms with E-state index in [1.807, 2.05) is 31.2 Å². The second kappa shape index (κ2) is 4.08. The van der Waals surface area contributed by atoms with E-state index in [9.17, 15) is 4.79 Å². The van der Waals surface area contributed by atoms with Gasteiger partial charge in [-0.25, -0.2) is 0 Å². The smallest absolute Gasteiger partial charge is 0.310 e. The number of carbonyl (C=O) groups is 1. The molecule has 0 unspecified atom stereocenters. The molecule has 0 aliphatic heterocycles. The van der Waals surface area contributed by atoms with Crippen LogP contribution >= 0.6 is 0 Å². The summed E-state index contributed by atoms with van der Waals surface area (Å²) in [5, 5.41) is 8.86. The van der Waals surface area contributed by atoms with Crippen LogP contribution in [0.3, 0.4) is 0 Å². The minimum absolute atomic E-state index is 0.406. The van der Waals surface area contributed by atoms with E-state index in [-0.39, 0.29) is 0 Å². The highest BCUT2D eigenvalue weighted by atomic mass is 16.4. The molecule has 0 aliphatic carbocycles. The van der Waals surface area contributed by atoms with Crippen molar-refractivity contribution in [3.05, 3.63) is 35.4 Å². The summed E-state index contributed by atoms with van der Waals surface area (Å²) in [7, 11) is 0. The molecule has 0 amide bonds. The van der Waals surface area contributed by atoms with E-state index in [0.717, 1.165) is 17.5 Å². The summed E-state index contributed by atoms with van der Waals surface area (Å²) in [5.41, 5.74) is 2.05. The van der Waals surface area contributed by atoms with Gasteiger partial charge in [-0.15, -0.1) is 0 Å². The number of carboxylic acids is 1. The number of aliphatic carboxylic acids is 1. The molecule has 0 aliphatic rings. The van der Waals surface area contributed by atoms with E-state index in [0.29, 0.717) is 0 Å². The molecule has 1 aromatic carbocycles. The van der Waals surface area contributed by atoms with Gasteiger partial charge in [0.2, 0.25) is 0 Å². The lowest BCUT2D eigenvalue weighted by atomic mass is 9.95. The maximum atomic E-state index is 10.8. The zero-order valence-corrected chi connectivity index (χ0v) is 7.95. The molecule has 0 spiro atoms. The molecule has 0 saturated heterocycles. The Bertz CT molecular complexity index is 305. The molecule has 1 aromatic rings. The van der Waals surface area contributed by atoms with Crippen molar-refractivity contribution in [3.63, 3.8) is 0 Å². The molecule has 1 atom stereocenters. The second-order valence-electron chi connectivity index (χ2n) is 3.11. The van der Waals surface area contributed by atoms with E-state index in [1.165, 1.54) is 0 Å². The lowest BCUT2D eigenvalue weighted by Gasteiger charge is -2.10. The molecule has 0 fully saturated rings. The SMILES string of the molecule is CCc1ccccc1[C@@H](C)C(=O)O. The van der Waals surface area contributed by atoms with Crippen LogP contribution in [0, 0.1) is 0 Å². The van der Waals surface area contributed by atoms with Gasteiger partial charge in [-0.1, -0.05) is 31.2 Å². The van der Waals surface area contributed by atoms with Gasteiger partial charge in [0, 0.05) is 0 Å². The van der Waals surface area contributed by atoms with Crippen molar-refractivity contribution in [3.8, 4) is 0 Å². The Kier molecular flexibility index (Phi) is 3.07. The van der Waals surface area contributed by atoms with Crippen LogP contribution < -0.4 is 0 Å². The maximum absolute atomic E-state index is 10.8. The Morgan fingerprint density at radius 2 is 2.08 bits per heavy atom. The molecule has 0 heterocycles. The summed E-state index contributed by atoms with van der Waals surface area (Å²) in [6, 6.07) is 7.69. The molecule has 0 aromatic heterocycles. The van der Waals surface area contributed by atoms with E-state index in [2.05, 4.69) is 0 Å². The van der Waals surface area contributed by atoms with Crippen LogP contribution in [0.25, 0.3) is 0 Å². The van der Waals surface area contributed by atoms with Crippen molar-refractivity contribution in [1.82, 2.24) is 0 Å². The lowest BCUT2D eigenvalue weighted by Crippen LogP contribution is -2.09. The minimum atomic E-state index is -0.763. The molecule has 2 nitrogen and oxygen atoms in total. The molecular formula is C11H14O2. The summed E-state index contributed by atoms with van der Waals surface area (Å²) in [5.74, 6) is -1.17. The number of hydrogen-bond acceptors (Lipinski definition) is 1. The zero-order chi connectivity index (χ0) is 9.84. The molecule has 13 heavy (non-hydrogen) atoms. The van der Waals surface area contributed by atoms with E-state index >= 15 is 0 Å². The molecule has 0 radical (unpaired) electrons. The molecular weight excluding hydrogens is 164 g/mol. The number of carboxylic acid groups (broad SMARTS) is 1. The van der Waals surface area contributed by atoms with Crippen LogP contribution in [0.4, 0.5) is 0 Å². The first kappa shape index (κ1) is 9.78. The van der Waals surface area contributed by atoms with Crippen LogP contribution in [0.5, 0.6) is 0 Å². The van der Waals surface area contributed by atoms with Crippen LogP contribution in [-0.2, 0) is 11.2 Å². The average molecular weight is 178 g/mol. The minimum Gasteiger partial charge on any atom is -0.481 e. The summed E-state index contributed by atoms with van der Waals surface area (Å²) in [4.78, 5) is 10.8. The fraction of sp³-hybridized carbons (Fsp3) is 0.364. The van der Waals surface area contributed by atoms with Crippen molar-refractivity contribution >= 4 is 5.97 Å². The normalized spacial score (nSPS) is 12.5. The van der Waals surface area contributed by atoms with E-state index in [4.69, 9.17) is 5.11 Å². The van der Waals surface area contributed by atoms with Crippen molar-refractivity contribution in [1.29, 1.82) is 0 Å². The Morgan fingerprint density at radius 3 is 2.62 bits per heavy atom. The van der Waals surface area contributed by atoms with Gasteiger partial charge in [0.1, 0.15) is 0 Å². The number of rotatable bonds is 3. The standard InChI is InChI=1S/C11H14O2/c1-3-9-6-4-5-7-10(9)8(2)11(12)13/h4-8H,3H2,1-2H3,(H,12,13)/t8-/m1/s1. The lowest BCUT2D eigenvalue weighted by molar-refractivity contribution is -0.138. The third-order valence-corrected chi connectivity index (χ3v) is 2.27. The molecule has 1 rings (SSSR count). The first-order valence-electron chi connectivity index (χ1n) is 4.47. The van der Waals surface area contributed by atoms with Gasteiger partial charge in [0.25, 0.3) is 0 Å². The monoisotopic (exact) mass is 178 g/mol. The van der Waals surface area contributed by atoms with Gasteiger partial charge in [0.05, 0.1) is 5.92 Å². The summed E-state index contributed by atoms with van der Waals surface area (Å²) >= 11 is 0. The fourth-order valence-electron chi connectivity index (χ4n) is 1.41. The first-order valence-corrected chi connectivity index (χ1v) is 4.47. The van der Waals surface area contributed by atoms with Crippen molar-refractivity contribution in [2.75, 3.05) is 0 Å². The summed E-state index contributed by atoms with van der Waals surface area (Å²) in [6.45, 7) is 3.75. The Labute approximate surface area is 78.2 Å². The highest BCUT2D eigenvalue weighted by molar-refractivity contribution is 5.76. The molecule has 0 saturated carbocycles. The van der Waals surface area contributed by atoms with Crippen LogP contribution in [-0.4, -0.2) is 11.1 Å².